The summed E-state index contributed by atoms with van der Waals surface area (Å²) in [5.74, 6) is -0.118. The lowest BCUT2D eigenvalue weighted by atomic mass is 9.94. The summed E-state index contributed by atoms with van der Waals surface area (Å²) in [4.78, 5) is 16.9. The molecule has 134 valence electrons. The first-order valence-electron chi connectivity index (χ1n) is 8.80. The van der Waals surface area contributed by atoms with Crippen LogP contribution in [0.4, 0.5) is 0 Å². The summed E-state index contributed by atoms with van der Waals surface area (Å²) in [7, 11) is 0. The molecule has 1 amide bonds. The van der Waals surface area contributed by atoms with Gasteiger partial charge < -0.3 is 5.32 Å². The zero-order valence-electron chi connectivity index (χ0n) is 14.6. The molecule has 0 saturated carbocycles. The SMILES string of the molecule is Cc1nnsc1C(=O)NCCn1nc(-c2ccncc2)c2c1CCCC2. The lowest BCUT2D eigenvalue weighted by molar-refractivity contribution is 0.0955. The van der Waals surface area contributed by atoms with E-state index in [0.717, 1.165) is 35.6 Å². The summed E-state index contributed by atoms with van der Waals surface area (Å²) >= 11 is 1.13. The molecule has 3 heterocycles. The number of fused-ring (bicyclic) bond motifs is 1. The molecule has 0 radical (unpaired) electrons. The maximum atomic E-state index is 12.2. The van der Waals surface area contributed by atoms with Crippen LogP contribution in [-0.4, -0.2) is 36.8 Å². The van der Waals surface area contributed by atoms with E-state index < -0.39 is 0 Å². The molecule has 0 aliphatic heterocycles. The minimum atomic E-state index is -0.118. The molecule has 0 spiro atoms. The zero-order chi connectivity index (χ0) is 17.9. The Balaban J connectivity index is 1.51. The number of nitrogens with zero attached hydrogens (tertiary/aromatic N) is 5. The van der Waals surface area contributed by atoms with E-state index >= 15 is 0 Å². The molecule has 4 rings (SSSR count). The summed E-state index contributed by atoms with van der Waals surface area (Å²) in [5, 5.41) is 11.7. The summed E-state index contributed by atoms with van der Waals surface area (Å²) in [6, 6.07) is 4.01. The van der Waals surface area contributed by atoms with Crippen molar-refractivity contribution in [3.05, 3.63) is 46.4 Å². The molecule has 1 aliphatic carbocycles. The second kappa shape index (κ2) is 7.33. The predicted octanol–water partition coefficient (Wildman–Crippen LogP) is 2.41. The summed E-state index contributed by atoms with van der Waals surface area (Å²) < 4.78 is 5.87. The van der Waals surface area contributed by atoms with Gasteiger partial charge in [-0.25, -0.2) is 0 Å². The van der Waals surface area contributed by atoms with E-state index in [1.807, 2.05) is 12.1 Å². The molecule has 0 saturated heterocycles. The van der Waals surface area contributed by atoms with Gasteiger partial charge in [0.05, 0.1) is 17.9 Å². The van der Waals surface area contributed by atoms with Gasteiger partial charge in [0.25, 0.3) is 5.91 Å². The number of rotatable bonds is 5. The van der Waals surface area contributed by atoms with Crippen LogP contribution in [0.15, 0.2) is 24.5 Å². The molecule has 0 atom stereocenters. The molecule has 3 aromatic rings. The van der Waals surface area contributed by atoms with E-state index in [-0.39, 0.29) is 5.91 Å². The highest BCUT2D eigenvalue weighted by molar-refractivity contribution is 7.07. The van der Waals surface area contributed by atoms with E-state index in [2.05, 4.69) is 24.6 Å². The Labute approximate surface area is 155 Å². The van der Waals surface area contributed by atoms with Crippen molar-refractivity contribution in [3.63, 3.8) is 0 Å². The Bertz CT molecular complexity index is 917. The molecule has 3 aromatic heterocycles. The van der Waals surface area contributed by atoms with Crippen LogP contribution in [0.25, 0.3) is 11.3 Å². The molecule has 0 fully saturated rings. The number of pyridine rings is 1. The molecule has 0 unspecified atom stereocenters. The van der Waals surface area contributed by atoms with Crippen molar-refractivity contribution >= 4 is 17.4 Å². The van der Waals surface area contributed by atoms with Crippen LogP contribution in [0, 0.1) is 6.92 Å². The molecule has 26 heavy (non-hydrogen) atoms. The van der Waals surface area contributed by atoms with Gasteiger partial charge in [-0.2, -0.15) is 5.10 Å². The largest absolute Gasteiger partial charge is 0.349 e. The maximum absolute atomic E-state index is 12.2. The highest BCUT2D eigenvalue weighted by Crippen LogP contribution is 2.30. The molecule has 1 N–H and O–H groups in total. The Morgan fingerprint density at radius 3 is 2.85 bits per heavy atom. The van der Waals surface area contributed by atoms with E-state index in [1.165, 1.54) is 24.1 Å². The first kappa shape index (κ1) is 16.8. The van der Waals surface area contributed by atoms with Crippen LogP contribution in [0.1, 0.15) is 39.5 Å². The van der Waals surface area contributed by atoms with Gasteiger partial charge in [-0.15, -0.1) is 5.10 Å². The van der Waals surface area contributed by atoms with Crippen molar-refractivity contribution in [2.24, 2.45) is 0 Å². The van der Waals surface area contributed by atoms with Crippen molar-refractivity contribution in [2.75, 3.05) is 6.54 Å². The highest BCUT2D eigenvalue weighted by atomic mass is 32.1. The number of nitrogens with one attached hydrogen (secondary N) is 1. The number of carbonyl (C=O) groups is 1. The van der Waals surface area contributed by atoms with E-state index in [0.29, 0.717) is 23.7 Å². The standard InChI is InChI=1S/C18H20N6OS/c1-12-17(26-23-21-12)18(25)20-10-11-24-15-5-3-2-4-14(15)16(22-24)13-6-8-19-9-7-13/h6-9H,2-5,10-11H2,1H3,(H,20,25). The normalized spacial score (nSPS) is 13.4. The zero-order valence-corrected chi connectivity index (χ0v) is 15.4. The second-order valence-electron chi connectivity index (χ2n) is 6.38. The summed E-state index contributed by atoms with van der Waals surface area (Å²) in [6.45, 7) is 2.98. The minimum absolute atomic E-state index is 0.118. The topological polar surface area (TPSA) is 85.6 Å². The lowest BCUT2D eigenvalue weighted by Crippen LogP contribution is -2.28. The number of carbonyl (C=O) groups excluding carboxylic acids is 1. The molecule has 0 aromatic carbocycles. The van der Waals surface area contributed by atoms with Crippen LogP contribution in [0.5, 0.6) is 0 Å². The van der Waals surface area contributed by atoms with E-state index in [4.69, 9.17) is 5.10 Å². The minimum Gasteiger partial charge on any atom is -0.349 e. The van der Waals surface area contributed by atoms with Crippen molar-refractivity contribution < 1.29 is 4.79 Å². The lowest BCUT2D eigenvalue weighted by Gasteiger charge is -2.14. The van der Waals surface area contributed by atoms with Gasteiger partial charge in [0.15, 0.2) is 0 Å². The monoisotopic (exact) mass is 368 g/mol. The number of hydrogen-bond acceptors (Lipinski definition) is 6. The van der Waals surface area contributed by atoms with Crippen molar-refractivity contribution in [1.29, 1.82) is 0 Å². The Morgan fingerprint density at radius 1 is 1.27 bits per heavy atom. The molecule has 1 aliphatic rings. The van der Waals surface area contributed by atoms with Crippen molar-refractivity contribution in [3.8, 4) is 11.3 Å². The van der Waals surface area contributed by atoms with Gasteiger partial charge >= 0.3 is 0 Å². The van der Waals surface area contributed by atoms with E-state index in [9.17, 15) is 4.79 Å². The van der Waals surface area contributed by atoms with Crippen molar-refractivity contribution in [2.45, 2.75) is 39.2 Å². The summed E-state index contributed by atoms with van der Waals surface area (Å²) in [6.07, 6.45) is 8.09. The fraction of sp³-hybridized carbons (Fsp3) is 0.389. The fourth-order valence-corrected chi connectivity index (χ4v) is 3.97. The Morgan fingerprint density at radius 2 is 2.08 bits per heavy atom. The third kappa shape index (κ3) is 3.24. The first-order chi connectivity index (χ1) is 12.7. The van der Waals surface area contributed by atoms with Gasteiger partial charge in [-0.3, -0.25) is 14.5 Å². The quantitative estimate of drug-likeness (QED) is 0.747. The Hall–Kier alpha value is -2.61. The first-order valence-corrected chi connectivity index (χ1v) is 9.57. The maximum Gasteiger partial charge on any atom is 0.265 e. The van der Waals surface area contributed by atoms with Crippen LogP contribution >= 0.6 is 11.5 Å². The van der Waals surface area contributed by atoms with Crippen molar-refractivity contribution in [1.82, 2.24) is 29.7 Å². The van der Waals surface area contributed by atoms with Gasteiger partial charge in [-0.05, 0) is 56.3 Å². The molecular formula is C18H20N6OS. The molecule has 0 bridgehead atoms. The smallest absolute Gasteiger partial charge is 0.265 e. The van der Waals surface area contributed by atoms with Crippen LogP contribution < -0.4 is 5.32 Å². The molecular weight excluding hydrogens is 348 g/mol. The second-order valence-corrected chi connectivity index (χ2v) is 7.14. The third-order valence-corrected chi connectivity index (χ3v) is 5.50. The van der Waals surface area contributed by atoms with Gasteiger partial charge in [0, 0.05) is 35.8 Å². The van der Waals surface area contributed by atoms with Crippen LogP contribution in [-0.2, 0) is 19.4 Å². The van der Waals surface area contributed by atoms with Crippen LogP contribution in [0.2, 0.25) is 0 Å². The average Bonchev–Trinajstić information content (AvgIpc) is 3.26. The average molecular weight is 368 g/mol. The highest BCUT2D eigenvalue weighted by Gasteiger charge is 2.21. The van der Waals surface area contributed by atoms with E-state index in [1.54, 1.807) is 19.3 Å². The number of aromatic nitrogens is 5. The number of hydrogen-bond donors (Lipinski definition) is 1. The number of aryl methyl sites for hydroxylation is 1. The Kier molecular flexibility index (Phi) is 4.75. The number of amides is 1. The van der Waals surface area contributed by atoms with Gasteiger partial charge in [0.2, 0.25) is 0 Å². The fourth-order valence-electron chi connectivity index (χ4n) is 3.39. The third-order valence-electron chi connectivity index (χ3n) is 4.68. The van der Waals surface area contributed by atoms with Crippen LogP contribution in [0.3, 0.4) is 0 Å². The molecule has 7 nitrogen and oxygen atoms in total. The summed E-state index contributed by atoms with van der Waals surface area (Å²) in [5.41, 5.74) is 5.47. The van der Waals surface area contributed by atoms with Gasteiger partial charge in [0.1, 0.15) is 4.88 Å². The predicted molar refractivity (Wildman–Crippen MR) is 99.1 cm³/mol. The molecule has 8 heteroatoms. The van der Waals surface area contributed by atoms with Gasteiger partial charge in [-0.1, -0.05) is 4.49 Å².